The molecule has 4 nitrogen and oxygen atoms in total. The van der Waals surface area contributed by atoms with Gasteiger partial charge in [0.05, 0.1) is 16.6 Å². The van der Waals surface area contributed by atoms with E-state index in [1.807, 2.05) is 24.8 Å². The minimum absolute atomic E-state index is 0.400. The molecule has 0 saturated carbocycles. The number of aryl methyl sites for hydroxylation is 1. The van der Waals surface area contributed by atoms with Crippen LogP contribution in [0.25, 0.3) is 78.0 Å². The van der Waals surface area contributed by atoms with Crippen molar-refractivity contribution >= 4 is 44.4 Å². The van der Waals surface area contributed by atoms with Crippen molar-refractivity contribution in [2.24, 2.45) is 0 Å². The molecule has 4 heterocycles. The number of fused-ring (bicyclic) bond motifs is 6. The SMILES string of the molecule is C1=CCC(c2ccc3c(c2)c2cc(C4=CCCC=C4)ccc2n3-c2ccc(-c3cncc(-c4ccc(-n5c6c(c7cnccc75)CCC=C6)cc4)c3)cc2)C=C1. The summed E-state index contributed by atoms with van der Waals surface area (Å²) in [6.07, 6.45) is 33.6. The molecule has 11 rings (SSSR count). The van der Waals surface area contributed by atoms with Gasteiger partial charge in [0.15, 0.2) is 0 Å². The highest BCUT2D eigenvalue weighted by Gasteiger charge is 2.20. The van der Waals surface area contributed by atoms with E-state index in [0.29, 0.717) is 5.92 Å². The highest BCUT2D eigenvalue weighted by Crippen LogP contribution is 2.39. The summed E-state index contributed by atoms with van der Waals surface area (Å²) < 4.78 is 4.80. The number of allylic oxidation sites excluding steroid dienone is 9. The van der Waals surface area contributed by atoms with Crippen molar-refractivity contribution in [3.05, 3.63) is 193 Å². The molecule has 0 spiro atoms. The first-order valence-electron chi connectivity index (χ1n) is 19.9. The Morgan fingerprint density at radius 3 is 1.98 bits per heavy atom. The highest BCUT2D eigenvalue weighted by molar-refractivity contribution is 6.10. The van der Waals surface area contributed by atoms with E-state index in [9.17, 15) is 0 Å². The van der Waals surface area contributed by atoms with Crippen LogP contribution >= 0.6 is 0 Å². The van der Waals surface area contributed by atoms with Gasteiger partial charge in [0.1, 0.15) is 0 Å². The molecule has 0 bridgehead atoms. The lowest BCUT2D eigenvalue weighted by atomic mass is 9.91. The molecule has 1 atom stereocenters. The molecule has 4 aromatic heterocycles. The molecule has 0 saturated heterocycles. The summed E-state index contributed by atoms with van der Waals surface area (Å²) in [5.74, 6) is 0.400. The van der Waals surface area contributed by atoms with Gasteiger partial charge in [-0.05, 0) is 132 Å². The van der Waals surface area contributed by atoms with Gasteiger partial charge in [0.2, 0.25) is 0 Å². The van der Waals surface area contributed by atoms with Crippen LogP contribution in [0.3, 0.4) is 0 Å². The van der Waals surface area contributed by atoms with Crippen molar-refractivity contribution in [1.82, 2.24) is 19.1 Å². The third-order valence-electron chi connectivity index (χ3n) is 11.9. The van der Waals surface area contributed by atoms with Crippen molar-refractivity contribution in [3.8, 4) is 33.6 Å². The van der Waals surface area contributed by atoms with Crippen LogP contribution in [0.1, 0.15) is 54.0 Å². The summed E-state index contributed by atoms with van der Waals surface area (Å²) in [6.45, 7) is 0. The first kappa shape index (κ1) is 32.6. The normalized spacial score (nSPS) is 16.2. The summed E-state index contributed by atoms with van der Waals surface area (Å²) in [5, 5.41) is 3.84. The van der Waals surface area contributed by atoms with Crippen LogP contribution in [-0.2, 0) is 6.42 Å². The van der Waals surface area contributed by atoms with Gasteiger partial charge in [-0.2, -0.15) is 0 Å². The Morgan fingerprint density at radius 2 is 1.23 bits per heavy atom. The maximum absolute atomic E-state index is 4.71. The van der Waals surface area contributed by atoms with Crippen LogP contribution in [0, 0.1) is 0 Å². The molecule has 3 aliphatic carbocycles. The predicted octanol–water partition coefficient (Wildman–Crippen LogP) is 13.1. The highest BCUT2D eigenvalue weighted by atomic mass is 15.0. The third-order valence-corrected chi connectivity index (χ3v) is 11.9. The largest absolute Gasteiger partial charge is 0.309 e. The number of rotatable bonds is 6. The fourth-order valence-corrected chi connectivity index (χ4v) is 9.10. The lowest BCUT2D eigenvalue weighted by Crippen LogP contribution is -2.00. The summed E-state index contributed by atoms with van der Waals surface area (Å²) >= 11 is 0. The second-order valence-electron chi connectivity index (χ2n) is 15.2. The number of aromatic nitrogens is 4. The zero-order chi connectivity index (χ0) is 37.0. The molecule has 8 aromatic rings. The standard InChI is InChI=1S/C52H40N4/c1-3-9-35(10-4-1)39-19-25-50-46(30-39)47-31-40(36-11-5-2-6-12-36)20-26-51(47)56(50)44-23-17-38(18-24-44)42-29-41(32-54-33-42)37-15-21-43(22-16-37)55-49-14-8-7-13-45(49)48-34-53-28-27-52(48)55/h1,3-5,8-9,11-12,14-35H,2,6-7,10,13H2. The van der Waals surface area contributed by atoms with Crippen LogP contribution in [0.2, 0.25) is 0 Å². The van der Waals surface area contributed by atoms with Gasteiger partial charge in [0.25, 0.3) is 0 Å². The number of hydrogen-bond donors (Lipinski definition) is 0. The van der Waals surface area contributed by atoms with Gasteiger partial charge < -0.3 is 9.13 Å². The van der Waals surface area contributed by atoms with Crippen molar-refractivity contribution < 1.29 is 0 Å². The zero-order valence-corrected chi connectivity index (χ0v) is 31.1. The average Bonchev–Trinajstić information content (AvgIpc) is 3.79. The first-order chi connectivity index (χ1) is 27.8. The topological polar surface area (TPSA) is 35.6 Å². The number of nitrogens with zero attached hydrogens (tertiary/aromatic N) is 4. The number of hydrogen-bond acceptors (Lipinski definition) is 2. The van der Waals surface area contributed by atoms with E-state index >= 15 is 0 Å². The molecule has 0 N–H and O–H groups in total. The smallest absolute Gasteiger partial charge is 0.0568 e. The summed E-state index contributed by atoms with van der Waals surface area (Å²) in [6, 6.07) is 36.3. The molecule has 4 aromatic carbocycles. The molecule has 3 aliphatic rings. The summed E-state index contributed by atoms with van der Waals surface area (Å²) in [5.41, 5.74) is 17.1. The molecular formula is C52H40N4. The maximum atomic E-state index is 4.71. The molecular weight excluding hydrogens is 681 g/mol. The zero-order valence-electron chi connectivity index (χ0n) is 31.1. The summed E-state index contributed by atoms with van der Waals surface area (Å²) in [7, 11) is 0. The van der Waals surface area contributed by atoms with E-state index in [4.69, 9.17) is 4.98 Å². The second kappa shape index (κ2) is 13.5. The van der Waals surface area contributed by atoms with E-state index in [1.165, 1.54) is 60.7 Å². The molecule has 0 aliphatic heterocycles. The van der Waals surface area contributed by atoms with Gasteiger partial charge in [0, 0.05) is 75.1 Å². The maximum Gasteiger partial charge on any atom is 0.0568 e. The Hall–Kier alpha value is -6.78. The van der Waals surface area contributed by atoms with Crippen molar-refractivity contribution in [3.63, 3.8) is 0 Å². The molecule has 4 heteroatoms. The van der Waals surface area contributed by atoms with Gasteiger partial charge in [-0.15, -0.1) is 0 Å². The molecule has 268 valence electrons. The Bertz CT molecular complexity index is 2980. The van der Waals surface area contributed by atoms with Gasteiger partial charge in [-0.1, -0.05) is 85.0 Å². The van der Waals surface area contributed by atoms with Crippen LogP contribution in [0.15, 0.2) is 170 Å². The van der Waals surface area contributed by atoms with Crippen molar-refractivity contribution in [2.75, 3.05) is 0 Å². The Morgan fingerprint density at radius 1 is 0.518 bits per heavy atom. The quantitative estimate of drug-likeness (QED) is 0.171. The monoisotopic (exact) mass is 720 g/mol. The first-order valence-corrected chi connectivity index (χ1v) is 19.9. The Labute approximate surface area is 326 Å². The number of benzene rings is 4. The van der Waals surface area contributed by atoms with E-state index in [0.717, 1.165) is 65.7 Å². The predicted molar refractivity (Wildman–Crippen MR) is 233 cm³/mol. The Kier molecular flexibility index (Phi) is 7.87. The van der Waals surface area contributed by atoms with E-state index in [2.05, 4.69) is 166 Å². The molecule has 0 fully saturated rings. The van der Waals surface area contributed by atoms with Gasteiger partial charge in [-0.25, -0.2) is 0 Å². The van der Waals surface area contributed by atoms with Crippen LogP contribution in [-0.4, -0.2) is 19.1 Å². The van der Waals surface area contributed by atoms with E-state index in [-0.39, 0.29) is 0 Å². The minimum atomic E-state index is 0.400. The van der Waals surface area contributed by atoms with Crippen molar-refractivity contribution in [2.45, 2.75) is 38.0 Å². The van der Waals surface area contributed by atoms with Crippen LogP contribution in [0.5, 0.6) is 0 Å². The lowest BCUT2D eigenvalue weighted by Gasteiger charge is -2.14. The van der Waals surface area contributed by atoms with Crippen LogP contribution in [0.4, 0.5) is 0 Å². The molecule has 0 radical (unpaired) electrons. The van der Waals surface area contributed by atoms with E-state index < -0.39 is 0 Å². The van der Waals surface area contributed by atoms with Gasteiger partial charge in [-0.3, -0.25) is 9.97 Å². The molecule has 0 amide bonds. The third kappa shape index (κ3) is 5.52. The minimum Gasteiger partial charge on any atom is -0.309 e. The fraction of sp³-hybridized carbons (Fsp3) is 0.115. The summed E-state index contributed by atoms with van der Waals surface area (Å²) in [4.78, 5) is 9.15. The van der Waals surface area contributed by atoms with Gasteiger partial charge >= 0.3 is 0 Å². The average molecular weight is 721 g/mol. The molecule has 56 heavy (non-hydrogen) atoms. The second-order valence-corrected chi connectivity index (χ2v) is 15.2. The number of pyridine rings is 2. The fourth-order valence-electron chi connectivity index (χ4n) is 9.10. The van der Waals surface area contributed by atoms with Crippen LogP contribution < -0.4 is 0 Å². The van der Waals surface area contributed by atoms with E-state index in [1.54, 1.807) is 0 Å². The van der Waals surface area contributed by atoms with Crippen molar-refractivity contribution in [1.29, 1.82) is 0 Å². The molecule has 1 unspecified atom stereocenters. The Balaban J connectivity index is 0.936. The lowest BCUT2D eigenvalue weighted by molar-refractivity contribution is 0.855.